The number of allylic oxidation sites excluding steroid dienone is 9. The molecule has 33 heavy (non-hydrogen) atoms. The van der Waals surface area contributed by atoms with Gasteiger partial charge in [-0.15, -0.1) is 11.3 Å². The number of rotatable bonds is 9. The first-order valence-corrected chi connectivity index (χ1v) is 12.0. The van der Waals surface area contributed by atoms with Gasteiger partial charge in [0.1, 0.15) is 6.04 Å². The maximum Gasteiger partial charge on any atom is 0.251 e. The largest absolute Gasteiger partial charge is 0.394 e. The Labute approximate surface area is 200 Å². The highest BCUT2D eigenvalue weighted by Gasteiger charge is 2.26. The third kappa shape index (κ3) is 8.59. The molecule has 2 rings (SSSR count). The minimum atomic E-state index is -1.05. The number of aliphatic hydroxyl groups excluding tert-OH is 1. The predicted octanol–water partition coefficient (Wildman–Crippen LogP) is 5.09. The molecule has 1 aromatic rings. The Kier molecular flexibility index (Phi) is 10.0. The molecule has 1 aliphatic rings. The van der Waals surface area contributed by atoms with Crippen LogP contribution in [0.4, 0.5) is 5.13 Å². The van der Waals surface area contributed by atoms with E-state index in [1.54, 1.807) is 18.5 Å². The van der Waals surface area contributed by atoms with Crippen LogP contribution in [0.5, 0.6) is 0 Å². The number of aromatic nitrogens is 1. The topological polar surface area (TPSA) is 91.3 Å². The molecule has 0 aromatic carbocycles. The maximum atomic E-state index is 12.2. The van der Waals surface area contributed by atoms with Crippen LogP contribution in [0.15, 0.2) is 70.3 Å². The van der Waals surface area contributed by atoms with Gasteiger partial charge in [0.15, 0.2) is 5.13 Å². The van der Waals surface area contributed by atoms with Crippen molar-refractivity contribution in [1.82, 2.24) is 10.3 Å². The summed E-state index contributed by atoms with van der Waals surface area (Å²) in [6, 6.07) is -1.05. The summed E-state index contributed by atoms with van der Waals surface area (Å²) in [5.41, 5.74) is 4.95. The Morgan fingerprint density at radius 2 is 2.03 bits per heavy atom. The molecule has 0 radical (unpaired) electrons. The van der Waals surface area contributed by atoms with Gasteiger partial charge in [0.25, 0.3) is 5.91 Å². The first-order chi connectivity index (χ1) is 15.6. The van der Waals surface area contributed by atoms with E-state index >= 15 is 0 Å². The zero-order valence-corrected chi connectivity index (χ0v) is 21.0. The predicted molar refractivity (Wildman–Crippen MR) is 136 cm³/mol. The number of carbonyl (C=O) groups excluding carboxylic acids is 2. The van der Waals surface area contributed by atoms with E-state index in [-0.39, 0.29) is 5.41 Å². The van der Waals surface area contributed by atoms with Crippen molar-refractivity contribution in [3.8, 4) is 0 Å². The van der Waals surface area contributed by atoms with Crippen molar-refractivity contribution in [1.29, 1.82) is 0 Å². The van der Waals surface area contributed by atoms with E-state index < -0.39 is 24.5 Å². The molecule has 7 heteroatoms. The van der Waals surface area contributed by atoms with E-state index in [9.17, 15) is 14.7 Å². The normalized spacial score (nSPS) is 18.1. The Morgan fingerprint density at radius 1 is 1.27 bits per heavy atom. The standard InChI is InChI=1S/C26H35N3O3S/c1-18(11-12-21-20(3)10-7-13-26(21,4)5)8-6-9-19(2)16-23(31)28-22(17-30)24(32)29-25-27-14-15-33-25/h6,8-9,11-12,14-16,22,30H,7,10,13,17H2,1-5H3,(H,28,31)(H,27,29,32)/t22-/m0/s1. The summed E-state index contributed by atoms with van der Waals surface area (Å²) in [6.45, 7) is 10.2. The number of hydrogen-bond acceptors (Lipinski definition) is 5. The second kappa shape index (κ2) is 12.5. The molecule has 0 spiro atoms. The van der Waals surface area contributed by atoms with Gasteiger partial charge in [-0.05, 0) is 56.6 Å². The number of hydrogen-bond donors (Lipinski definition) is 3. The lowest BCUT2D eigenvalue weighted by Crippen LogP contribution is -2.45. The summed E-state index contributed by atoms with van der Waals surface area (Å²) in [5, 5.41) is 16.7. The third-order valence-electron chi connectivity index (χ3n) is 5.61. The Bertz CT molecular complexity index is 982. The fourth-order valence-corrected chi connectivity index (χ4v) is 4.30. The number of anilines is 1. The number of thiazole rings is 1. The van der Waals surface area contributed by atoms with Crippen LogP contribution in [-0.4, -0.2) is 34.6 Å². The van der Waals surface area contributed by atoms with E-state index in [0.29, 0.717) is 5.13 Å². The highest BCUT2D eigenvalue weighted by Crippen LogP contribution is 2.40. The monoisotopic (exact) mass is 469 g/mol. The lowest BCUT2D eigenvalue weighted by Gasteiger charge is -2.32. The number of nitrogens with zero attached hydrogens (tertiary/aromatic N) is 1. The van der Waals surface area contributed by atoms with E-state index in [1.807, 2.05) is 25.2 Å². The first kappa shape index (κ1) is 26.5. The van der Waals surface area contributed by atoms with E-state index in [4.69, 9.17) is 0 Å². The second-order valence-electron chi connectivity index (χ2n) is 8.99. The molecule has 178 valence electrons. The van der Waals surface area contributed by atoms with Gasteiger partial charge in [-0.1, -0.05) is 55.4 Å². The average molecular weight is 470 g/mol. The van der Waals surface area contributed by atoms with Gasteiger partial charge >= 0.3 is 0 Å². The van der Waals surface area contributed by atoms with Gasteiger partial charge in [0.05, 0.1) is 6.61 Å². The molecule has 3 N–H and O–H groups in total. The average Bonchev–Trinajstić information content (AvgIpc) is 3.24. The Morgan fingerprint density at radius 3 is 2.67 bits per heavy atom. The van der Waals surface area contributed by atoms with Gasteiger partial charge in [-0.25, -0.2) is 4.98 Å². The molecule has 6 nitrogen and oxygen atoms in total. The molecular formula is C26H35N3O3S. The number of nitrogens with one attached hydrogen (secondary N) is 2. The minimum absolute atomic E-state index is 0.214. The fraction of sp³-hybridized carbons (Fsp3) is 0.423. The van der Waals surface area contributed by atoms with Gasteiger partial charge in [-0.2, -0.15) is 0 Å². The van der Waals surface area contributed by atoms with E-state index in [2.05, 4.69) is 48.5 Å². The van der Waals surface area contributed by atoms with E-state index in [1.165, 1.54) is 47.8 Å². The van der Waals surface area contributed by atoms with Crippen molar-refractivity contribution in [2.24, 2.45) is 5.41 Å². The van der Waals surface area contributed by atoms with Gasteiger partial charge in [-0.3, -0.25) is 9.59 Å². The highest BCUT2D eigenvalue weighted by molar-refractivity contribution is 7.13. The van der Waals surface area contributed by atoms with Crippen LogP contribution >= 0.6 is 11.3 Å². The van der Waals surface area contributed by atoms with Crippen LogP contribution in [0.1, 0.15) is 53.9 Å². The molecule has 2 amide bonds. The minimum Gasteiger partial charge on any atom is -0.394 e. The second-order valence-corrected chi connectivity index (χ2v) is 9.89. The molecule has 0 unspecified atom stereocenters. The molecule has 1 aromatic heterocycles. The molecule has 1 aliphatic carbocycles. The highest BCUT2D eigenvalue weighted by atomic mass is 32.1. The van der Waals surface area contributed by atoms with Crippen LogP contribution in [0, 0.1) is 5.41 Å². The van der Waals surface area contributed by atoms with Crippen LogP contribution in [0.2, 0.25) is 0 Å². The maximum absolute atomic E-state index is 12.2. The molecule has 1 heterocycles. The zero-order valence-electron chi connectivity index (χ0n) is 20.1. The molecule has 0 saturated heterocycles. The van der Waals surface area contributed by atoms with Gasteiger partial charge < -0.3 is 15.7 Å². The van der Waals surface area contributed by atoms with Gasteiger partial charge in [0, 0.05) is 17.7 Å². The van der Waals surface area contributed by atoms with E-state index in [0.717, 1.165) is 11.1 Å². The van der Waals surface area contributed by atoms with Crippen molar-refractivity contribution >= 4 is 28.3 Å². The molecule has 0 aliphatic heterocycles. The Hall–Kier alpha value is -2.77. The fourth-order valence-electron chi connectivity index (χ4n) is 3.77. The molecule has 1 atom stereocenters. The number of aliphatic hydroxyl groups is 1. The third-order valence-corrected chi connectivity index (χ3v) is 6.30. The van der Waals surface area contributed by atoms with Crippen LogP contribution < -0.4 is 10.6 Å². The zero-order chi connectivity index (χ0) is 24.4. The van der Waals surface area contributed by atoms with Crippen LogP contribution in [0.25, 0.3) is 0 Å². The van der Waals surface area contributed by atoms with Gasteiger partial charge in [0.2, 0.25) is 5.91 Å². The molecule has 0 saturated carbocycles. The first-order valence-electron chi connectivity index (χ1n) is 11.2. The van der Waals surface area contributed by atoms with Crippen molar-refractivity contribution in [3.63, 3.8) is 0 Å². The smallest absolute Gasteiger partial charge is 0.251 e. The van der Waals surface area contributed by atoms with Crippen molar-refractivity contribution in [2.45, 2.75) is 59.9 Å². The summed E-state index contributed by atoms with van der Waals surface area (Å²) in [6.07, 6.45) is 16.7. The lowest BCUT2D eigenvalue weighted by atomic mass is 9.72. The molecular weight excluding hydrogens is 434 g/mol. The summed E-state index contributed by atoms with van der Waals surface area (Å²) < 4.78 is 0. The summed E-state index contributed by atoms with van der Waals surface area (Å²) in [7, 11) is 0. The van der Waals surface area contributed by atoms with Crippen LogP contribution in [0.3, 0.4) is 0 Å². The summed E-state index contributed by atoms with van der Waals surface area (Å²) in [4.78, 5) is 28.4. The lowest BCUT2D eigenvalue weighted by molar-refractivity contribution is -0.124. The Balaban J connectivity index is 1.93. The summed E-state index contributed by atoms with van der Waals surface area (Å²) >= 11 is 1.26. The van der Waals surface area contributed by atoms with Crippen molar-refractivity contribution < 1.29 is 14.7 Å². The molecule has 0 bridgehead atoms. The van der Waals surface area contributed by atoms with Crippen molar-refractivity contribution in [2.75, 3.05) is 11.9 Å². The quantitative estimate of drug-likeness (QED) is 0.347. The number of amides is 2. The molecule has 0 fully saturated rings. The SMILES string of the molecule is CC(C=CC1=C(C)CCCC1(C)C)=CC=CC(C)=CC(=O)N[C@@H](CO)C(=O)Nc1nccs1. The van der Waals surface area contributed by atoms with Crippen LogP contribution in [-0.2, 0) is 9.59 Å². The summed E-state index contributed by atoms with van der Waals surface area (Å²) in [5.74, 6) is -0.965. The van der Waals surface area contributed by atoms with Crippen molar-refractivity contribution in [3.05, 3.63) is 70.3 Å². The number of carbonyl (C=O) groups is 2.